The van der Waals surface area contributed by atoms with Gasteiger partial charge in [-0.05, 0) is 43.3 Å². The van der Waals surface area contributed by atoms with Gasteiger partial charge in [0, 0.05) is 28.4 Å². The number of amidine groups is 1. The molecule has 0 saturated heterocycles. The highest BCUT2D eigenvalue weighted by Crippen LogP contribution is 2.38. The van der Waals surface area contributed by atoms with Crippen LogP contribution in [0, 0.1) is 11.2 Å². The van der Waals surface area contributed by atoms with E-state index in [1.54, 1.807) is 31.2 Å². The number of phenolic OH excluding ortho intramolecular Hbond substituents is 1. The van der Waals surface area contributed by atoms with Gasteiger partial charge in [-0.1, -0.05) is 18.2 Å². The number of benzene rings is 3. The minimum atomic E-state index is -4.60. The molecule has 1 unspecified atom stereocenters. The van der Waals surface area contributed by atoms with Crippen molar-refractivity contribution in [3.05, 3.63) is 95.2 Å². The molecule has 0 radical (unpaired) electrons. The topological polar surface area (TPSA) is 120 Å². The summed E-state index contributed by atoms with van der Waals surface area (Å²) in [5.41, 5.74) is 5.50. The molecule has 0 fully saturated rings. The lowest BCUT2D eigenvalue weighted by Gasteiger charge is -2.21. The van der Waals surface area contributed by atoms with E-state index in [0.29, 0.717) is 11.3 Å². The Hall–Kier alpha value is -4.54. The monoisotopic (exact) mass is 513 g/mol. The van der Waals surface area contributed by atoms with Crippen LogP contribution in [0.25, 0.3) is 11.3 Å². The molecule has 0 saturated carbocycles. The summed E-state index contributed by atoms with van der Waals surface area (Å²) >= 11 is 0. The number of imidazole rings is 1. The van der Waals surface area contributed by atoms with Gasteiger partial charge in [0.25, 0.3) is 0 Å². The normalized spacial score (nSPS) is 12.2. The summed E-state index contributed by atoms with van der Waals surface area (Å²) in [6.45, 7) is 1.98. The summed E-state index contributed by atoms with van der Waals surface area (Å²) in [5.74, 6) is -1.45. The lowest BCUT2D eigenvalue weighted by molar-refractivity contribution is -0.137. The number of anilines is 1. The van der Waals surface area contributed by atoms with Crippen LogP contribution in [0.4, 0.5) is 23.2 Å². The molecule has 0 aliphatic heterocycles. The van der Waals surface area contributed by atoms with Crippen molar-refractivity contribution < 1.29 is 27.4 Å². The van der Waals surface area contributed by atoms with E-state index in [1.807, 2.05) is 0 Å². The van der Waals surface area contributed by atoms with Gasteiger partial charge in [-0.2, -0.15) is 13.2 Å². The third-order valence-corrected chi connectivity index (χ3v) is 5.58. The second-order valence-corrected chi connectivity index (χ2v) is 8.07. The van der Waals surface area contributed by atoms with Gasteiger partial charge in [-0.25, -0.2) is 9.37 Å². The van der Waals surface area contributed by atoms with Gasteiger partial charge < -0.3 is 25.9 Å². The number of aromatic nitrogens is 2. The standard InChI is InChI=1S/C26H23F4N5O2/c1-2-37-16-11-18(22(27)21(36)12-16)23(34-15-9-7-14(8-10-15)24(31)32)25-33-13-20(35-25)17-5-3-4-6-19(17)26(28,29)30/h3-13,23,34,36H,2H2,1H3,(H3,31,32)(H,33,35). The molecular weight excluding hydrogens is 490 g/mol. The fraction of sp³-hybridized carbons (Fsp3) is 0.154. The molecule has 192 valence electrons. The number of hydrogen-bond acceptors (Lipinski definition) is 5. The first-order valence-electron chi connectivity index (χ1n) is 11.2. The van der Waals surface area contributed by atoms with Crippen LogP contribution < -0.4 is 15.8 Å². The summed E-state index contributed by atoms with van der Waals surface area (Å²) in [4.78, 5) is 7.12. The van der Waals surface area contributed by atoms with Crippen LogP contribution in [0.2, 0.25) is 0 Å². The lowest BCUT2D eigenvalue weighted by Crippen LogP contribution is -2.16. The molecule has 0 bridgehead atoms. The van der Waals surface area contributed by atoms with E-state index in [0.717, 1.165) is 12.1 Å². The van der Waals surface area contributed by atoms with E-state index in [9.17, 15) is 18.3 Å². The highest BCUT2D eigenvalue weighted by atomic mass is 19.4. The highest BCUT2D eigenvalue weighted by Gasteiger charge is 2.34. The van der Waals surface area contributed by atoms with Crippen LogP contribution in [0.15, 0.2) is 66.9 Å². The second-order valence-electron chi connectivity index (χ2n) is 8.07. The van der Waals surface area contributed by atoms with Crippen molar-refractivity contribution in [3.63, 3.8) is 0 Å². The number of nitrogens with zero attached hydrogens (tertiary/aromatic N) is 1. The van der Waals surface area contributed by atoms with Gasteiger partial charge in [0.15, 0.2) is 11.6 Å². The summed E-state index contributed by atoms with van der Waals surface area (Å²) in [6, 6.07) is 12.9. The van der Waals surface area contributed by atoms with Crippen LogP contribution in [-0.2, 0) is 6.18 Å². The molecule has 7 nitrogen and oxygen atoms in total. The molecule has 3 aromatic carbocycles. The van der Waals surface area contributed by atoms with Crippen molar-refractivity contribution in [1.82, 2.24) is 9.97 Å². The largest absolute Gasteiger partial charge is 0.505 e. The predicted octanol–water partition coefficient (Wildman–Crippen LogP) is 5.82. The molecule has 1 heterocycles. The number of alkyl halides is 3. The molecule has 6 N–H and O–H groups in total. The zero-order valence-electron chi connectivity index (χ0n) is 19.5. The van der Waals surface area contributed by atoms with E-state index in [4.69, 9.17) is 15.9 Å². The van der Waals surface area contributed by atoms with Gasteiger partial charge in [-0.3, -0.25) is 5.41 Å². The van der Waals surface area contributed by atoms with Gasteiger partial charge >= 0.3 is 6.18 Å². The number of aromatic hydroxyl groups is 1. The summed E-state index contributed by atoms with van der Waals surface area (Å²) in [5, 5.41) is 20.8. The summed E-state index contributed by atoms with van der Waals surface area (Å²) < 4.78 is 61.4. The SMILES string of the molecule is CCOc1cc(O)c(F)c(C(Nc2ccc(C(=N)N)cc2)c2ncc(-c3ccccc3C(F)(F)F)[nH]2)c1. The van der Waals surface area contributed by atoms with Crippen LogP contribution in [0.1, 0.15) is 35.5 Å². The average Bonchev–Trinajstić information content (AvgIpc) is 3.35. The second kappa shape index (κ2) is 10.2. The molecule has 0 aliphatic rings. The zero-order valence-corrected chi connectivity index (χ0v) is 19.5. The predicted molar refractivity (Wildman–Crippen MR) is 131 cm³/mol. The summed E-state index contributed by atoms with van der Waals surface area (Å²) in [7, 11) is 0. The average molecular weight is 513 g/mol. The number of phenols is 1. The molecule has 4 rings (SSSR count). The van der Waals surface area contributed by atoms with Crippen molar-refractivity contribution in [3.8, 4) is 22.8 Å². The Morgan fingerprint density at radius 2 is 1.86 bits per heavy atom. The number of rotatable bonds is 8. The van der Waals surface area contributed by atoms with Crippen LogP contribution in [0.3, 0.4) is 0 Å². The number of nitrogens with one attached hydrogen (secondary N) is 3. The molecule has 37 heavy (non-hydrogen) atoms. The number of aromatic amines is 1. The molecule has 11 heteroatoms. The zero-order chi connectivity index (χ0) is 26.7. The number of hydrogen-bond donors (Lipinski definition) is 5. The van der Waals surface area contributed by atoms with Crippen LogP contribution in [-0.4, -0.2) is 27.5 Å². The van der Waals surface area contributed by atoms with Crippen LogP contribution in [0.5, 0.6) is 11.5 Å². The van der Waals surface area contributed by atoms with Crippen molar-refractivity contribution in [2.45, 2.75) is 19.1 Å². The van der Waals surface area contributed by atoms with Gasteiger partial charge in [0.2, 0.25) is 0 Å². The number of nitrogens with two attached hydrogens (primary N) is 1. The quantitative estimate of drug-likeness (QED) is 0.115. The molecule has 0 aliphatic carbocycles. The Balaban J connectivity index is 1.82. The summed E-state index contributed by atoms with van der Waals surface area (Å²) in [6.07, 6.45) is -3.36. The molecule has 0 spiro atoms. The molecule has 4 aromatic rings. The minimum Gasteiger partial charge on any atom is -0.505 e. The van der Waals surface area contributed by atoms with Gasteiger partial charge in [0.05, 0.1) is 24.1 Å². The van der Waals surface area contributed by atoms with Gasteiger partial charge in [0.1, 0.15) is 23.5 Å². The third-order valence-electron chi connectivity index (χ3n) is 5.58. The van der Waals surface area contributed by atoms with Crippen molar-refractivity contribution in [2.24, 2.45) is 5.73 Å². The van der Waals surface area contributed by atoms with E-state index < -0.39 is 29.3 Å². The van der Waals surface area contributed by atoms with Crippen LogP contribution >= 0.6 is 0 Å². The van der Waals surface area contributed by atoms with Gasteiger partial charge in [-0.15, -0.1) is 0 Å². The maximum Gasteiger partial charge on any atom is 0.417 e. The Bertz CT molecular complexity index is 1420. The smallest absolute Gasteiger partial charge is 0.417 e. The fourth-order valence-corrected chi connectivity index (χ4v) is 3.86. The molecular formula is C26H23F4N5O2. The first-order chi connectivity index (χ1) is 17.6. The first-order valence-corrected chi connectivity index (χ1v) is 11.2. The fourth-order valence-electron chi connectivity index (χ4n) is 3.86. The molecule has 1 atom stereocenters. The number of halogens is 4. The lowest BCUT2D eigenvalue weighted by atomic mass is 10.0. The van der Waals surface area contributed by atoms with Crippen molar-refractivity contribution in [1.29, 1.82) is 5.41 Å². The highest BCUT2D eigenvalue weighted by molar-refractivity contribution is 5.95. The first kappa shape index (κ1) is 25.5. The van der Waals surface area contributed by atoms with E-state index >= 15 is 4.39 Å². The van der Waals surface area contributed by atoms with E-state index in [1.165, 1.54) is 30.5 Å². The maximum absolute atomic E-state index is 15.2. The molecule has 1 aromatic heterocycles. The minimum absolute atomic E-state index is 0.0518. The van der Waals surface area contributed by atoms with Crippen molar-refractivity contribution >= 4 is 11.5 Å². The maximum atomic E-state index is 15.2. The van der Waals surface area contributed by atoms with Crippen molar-refractivity contribution in [2.75, 3.05) is 11.9 Å². The number of nitrogen functional groups attached to an aromatic ring is 1. The Labute approximate surface area is 209 Å². The number of ether oxygens (including phenoxy) is 1. The Morgan fingerprint density at radius 3 is 2.51 bits per heavy atom. The van der Waals surface area contributed by atoms with E-state index in [-0.39, 0.29) is 40.8 Å². The Morgan fingerprint density at radius 1 is 1.16 bits per heavy atom. The number of H-pyrrole nitrogens is 1. The van der Waals surface area contributed by atoms with E-state index in [2.05, 4.69) is 15.3 Å². The third kappa shape index (κ3) is 5.50. The Kier molecular flexibility index (Phi) is 7.05. The molecule has 0 amide bonds.